The predicted octanol–water partition coefficient (Wildman–Crippen LogP) is 1.57. The maximum atomic E-state index is 11.9. The van der Waals surface area contributed by atoms with Crippen molar-refractivity contribution in [2.45, 2.75) is 0 Å². The number of methoxy groups -OCH3 is 1. The highest BCUT2D eigenvalue weighted by atomic mass is 35.5. The Bertz CT molecular complexity index is 902. The van der Waals surface area contributed by atoms with Gasteiger partial charge in [-0.25, -0.2) is 5.43 Å². The van der Waals surface area contributed by atoms with Crippen LogP contribution in [0.2, 0.25) is 5.02 Å². The van der Waals surface area contributed by atoms with E-state index in [1.807, 2.05) is 0 Å². The fourth-order valence-corrected chi connectivity index (χ4v) is 2.32. The van der Waals surface area contributed by atoms with Crippen LogP contribution in [0.25, 0.3) is 0 Å². The van der Waals surface area contributed by atoms with Gasteiger partial charge < -0.3 is 20.1 Å². The second-order valence-corrected chi connectivity index (χ2v) is 6.30. The fraction of sp³-hybridized carbons (Fsp3) is 0.200. The van der Waals surface area contributed by atoms with Gasteiger partial charge in [-0.2, -0.15) is 5.10 Å². The zero-order valence-corrected chi connectivity index (χ0v) is 16.9. The second kappa shape index (κ2) is 12.2. The van der Waals surface area contributed by atoms with E-state index in [-0.39, 0.29) is 19.1 Å². The van der Waals surface area contributed by atoms with E-state index in [0.29, 0.717) is 28.6 Å². The van der Waals surface area contributed by atoms with Crippen LogP contribution in [0.15, 0.2) is 53.6 Å². The lowest BCUT2D eigenvalue weighted by molar-refractivity contribution is -0.139. The number of hydrazone groups is 1. The average Bonchev–Trinajstić information content (AvgIpc) is 2.73. The van der Waals surface area contributed by atoms with Crippen molar-refractivity contribution in [3.05, 3.63) is 59.1 Å². The maximum absolute atomic E-state index is 11.9. The van der Waals surface area contributed by atoms with E-state index in [1.54, 1.807) is 48.5 Å². The Hall–Kier alpha value is -3.43. The van der Waals surface area contributed by atoms with Gasteiger partial charge in [0.15, 0.2) is 6.61 Å². The van der Waals surface area contributed by atoms with E-state index in [2.05, 4.69) is 21.2 Å². The molecule has 2 aromatic carbocycles. The van der Waals surface area contributed by atoms with Gasteiger partial charge in [-0.1, -0.05) is 17.7 Å². The van der Waals surface area contributed by atoms with Crippen molar-refractivity contribution in [3.63, 3.8) is 0 Å². The van der Waals surface area contributed by atoms with Gasteiger partial charge in [0.2, 0.25) is 0 Å². The van der Waals surface area contributed by atoms with Gasteiger partial charge in [0.1, 0.15) is 5.75 Å². The van der Waals surface area contributed by atoms with E-state index in [9.17, 15) is 14.4 Å². The largest absolute Gasteiger partial charge is 0.484 e. The number of carbonyl (C=O) groups excluding carboxylic acids is 3. The smallest absolute Gasteiger partial charge is 0.329 e. The highest BCUT2D eigenvalue weighted by Gasteiger charge is 2.11. The Labute approximate surface area is 178 Å². The quantitative estimate of drug-likeness (QED) is 0.240. The van der Waals surface area contributed by atoms with Crippen LogP contribution >= 0.6 is 11.6 Å². The molecule has 3 amide bonds. The molecule has 0 fully saturated rings. The van der Waals surface area contributed by atoms with Crippen molar-refractivity contribution >= 4 is 41.2 Å². The lowest BCUT2D eigenvalue weighted by Gasteiger charge is -2.08. The molecule has 10 heteroatoms. The molecule has 0 aromatic heterocycles. The van der Waals surface area contributed by atoms with Crippen molar-refractivity contribution in [1.29, 1.82) is 0 Å². The molecule has 9 nitrogen and oxygen atoms in total. The molecular formula is C20H21ClN4O5. The first-order chi connectivity index (χ1) is 14.5. The number of hydrogen-bond donors (Lipinski definition) is 3. The molecule has 0 heterocycles. The molecule has 0 aliphatic rings. The van der Waals surface area contributed by atoms with Gasteiger partial charge in [0, 0.05) is 24.4 Å². The molecule has 3 N–H and O–H groups in total. The summed E-state index contributed by atoms with van der Waals surface area (Å²) in [4.78, 5) is 34.9. The van der Waals surface area contributed by atoms with Crippen molar-refractivity contribution in [2.24, 2.45) is 5.10 Å². The Morgan fingerprint density at radius 3 is 2.57 bits per heavy atom. The third-order valence-corrected chi connectivity index (χ3v) is 3.77. The number of hydrogen-bond acceptors (Lipinski definition) is 6. The summed E-state index contributed by atoms with van der Waals surface area (Å²) in [6.45, 7) is 0.359. The summed E-state index contributed by atoms with van der Waals surface area (Å²) >= 11 is 5.87. The summed E-state index contributed by atoms with van der Waals surface area (Å²) in [6.07, 6.45) is 1.37. The summed E-state index contributed by atoms with van der Waals surface area (Å²) in [5.74, 6) is -1.53. The number of nitrogens with zero attached hydrogens (tertiary/aromatic N) is 1. The maximum Gasteiger partial charge on any atom is 0.329 e. The number of rotatable bonds is 9. The van der Waals surface area contributed by atoms with Gasteiger partial charge >= 0.3 is 11.8 Å². The molecule has 0 saturated carbocycles. The summed E-state index contributed by atoms with van der Waals surface area (Å²) in [5.41, 5.74) is 3.36. The summed E-state index contributed by atoms with van der Waals surface area (Å²) in [7, 11) is 1.49. The molecule has 158 valence electrons. The Balaban J connectivity index is 1.75. The van der Waals surface area contributed by atoms with E-state index < -0.39 is 11.8 Å². The molecule has 0 unspecified atom stereocenters. The zero-order valence-electron chi connectivity index (χ0n) is 16.2. The molecular weight excluding hydrogens is 412 g/mol. The van der Waals surface area contributed by atoms with Crippen LogP contribution in [0.1, 0.15) is 5.56 Å². The van der Waals surface area contributed by atoms with E-state index >= 15 is 0 Å². The molecule has 0 atom stereocenters. The minimum atomic E-state index is -0.881. The first kappa shape index (κ1) is 22.9. The van der Waals surface area contributed by atoms with Crippen LogP contribution in [0.5, 0.6) is 5.75 Å². The highest BCUT2D eigenvalue weighted by molar-refractivity contribution is 6.35. The lowest BCUT2D eigenvalue weighted by atomic mass is 10.2. The standard InChI is InChI=1S/C20H21ClN4O5/c1-29-10-9-22-19(27)20(28)25-23-12-14-5-7-17(8-6-14)30-13-18(26)24-16-4-2-3-15(21)11-16/h2-8,11-12H,9-10,13H2,1H3,(H,22,27)(H,24,26)(H,25,28)/b23-12-. The first-order valence-corrected chi connectivity index (χ1v) is 9.24. The normalized spacial score (nSPS) is 10.5. The van der Waals surface area contributed by atoms with E-state index in [0.717, 1.165) is 0 Å². The second-order valence-electron chi connectivity index (χ2n) is 5.86. The minimum absolute atomic E-state index is 0.172. The Morgan fingerprint density at radius 1 is 1.10 bits per heavy atom. The van der Waals surface area contributed by atoms with Crippen LogP contribution in [-0.2, 0) is 19.1 Å². The van der Waals surface area contributed by atoms with Crippen LogP contribution in [0.4, 0.5) is 5.69 Å². The molecule has 0 saturated heterocycles. The van der Waals surface area contributed by atoms with Crippen LogP contribution in [-0.4, -0.2) is 50.8 Å². The van der Waals surface area contributed by atoms with E-state index in [4.69, 9.17) is 21.1 Å². The third kappa shape index (κ3) is 8.29. The Morgan fingerprint density at radius 2 is 1.87 bits per heavy atom. The Kier molecular flexibility index (Phi) is 9.29. The predicted molar refractivity (Wildman–Crippen MR) is 113 cm³/mol. The number of benzene rings is 2. The first-order valence-electron chi connectivity index (χ1n) is 8.86. The highest BCUT2D eigenvalue weighted by Crippen LogP contribution is 2.15. The number of nitrogens with one attached hydrogen (secondary N) is 3. The molecule has 0 spiro atoms. The number of anilines is 1. The number of carbonyl (C=O) groups is 3. The number of halogens is 1. The molecule has 2 aromatic rings. The van der Waals surface area contributed by atoms with Gasteiger partial charge in [0.05, 0.1) is 12.8 Å². The molecule has 0 radical (unpaired) electrons. The number of ether oxygens (including phenoxy) is 2. The summed E-state index contributed by atoms with van der Waals surface area (Å²) in [5, 5.41) is 9.29. The zero-order chi connectivity index (χ0) is 21.8. The van der Waals surface area contributed by atoms with Crippen LogP contribution in [0, 0.1) is 0 Å². The number of amides is 3. The van der Waals surface area contributed by atoms with Gasteiger partial charge in [0.25, 0.3) is 5.91 Å². The van der Waals surface area contributed by atoms with Crippen molar-refractivity contribution in [1.82, 2.24) is 10.7 Å². The topological polar surface area (TPSA) is 118 Å². The fourth-order valence-electron chi connectivity index (χ4n) is 2.13. The SMILES string of the molecule is COCCNC(=O)C(=O)N/N=C\c1ccc(OCC(=O)Nc2cccc(Cl)c2)cc1. The minimum Gasteiger partial charge on any atom is -0.484 e. The van der Waals surface area contributed by atoms with Gasteiger partial charge in [-0.05, 0) is 48.0 Å². The van der Waals surface area contributed by atoms with Crippen molar-refractivity contribution < 1.29 is 23.9 Å². The molecule has 30 heavy (non-hydrogen) atoms. The lowest BCUT2D eigenvalue weighted by Crippen LogP contribution is -2.39. The van der Waals surface area contributed by atoms with Crippen molar-refractivity contribution in [2.75, 3.05) is 32.2 Å². The molecule has 2 rings (SSSR count). The summed E-state index contributed by atoms with van der Waals surface area (Å²) in [6, 6.07) is 13.4. The molecule has 0 aliphatic heterocycles. The van der Waals surface area contributed by atoms with Gasteiger partial charge in [-0.3, -0.25) is 14.4 Å². The van der Waals surface area contributed by atoms with Gasteiger partial charge in [-0.15, -0.1) is 0 Å². The summed E-state index contributed by atoms with van der Waals surface area (Å²) < 4.78 is 10.2. The third-order valence-electron chi connectivity index (χ3n) is 3.54. The average molecular weight is 433 g/mol. The molecule has 0 bridgehead atoms. The monoisotopic (exact) mass is 432 g/mol. The van der Waals surface area contributed by atoms with Crippen LogP contribution in [0.3, 0.4) is 0 Å². The van der Waals surface area contributed by atoms with Crippen LogP contribution < -0.4 is 20.8 Å². The van der Waals surface area contributed by atoms with Crippen molar-refractivity contribution in [3.8, 4) is 5.75 Å². The van der Waals surface area contributed by atoms with E-state index in [1.165, 1.54) is 13.3 Å². The molecule has 0 aliphatic carbocycles.